The molecule has 0 saturated carbocycles. The lowest BCUT2D eigenvalue weighted by atomic mass is 10.1. The average molecular weight is 286 g/mol. The lowest BCUT2D eigenvalue weighted by Gasteiger charge is -2.05. The Morgan fingerprint density at radius 2 is 1.70 bits per heavy atom. The number of carbonyl (C=O) groups is 1. The van der Waals surface area contributed by atoms with Gasteiger partial charge in [-0.2, -0.15) is 0 Å². The maximum absolute atomic E-state index is 11.8. The molecule has 102 valence electrons. The molecule has 0 bridgehead atoms. The van der Waals surface area contributed by atoms with Crippen LogP contribution < -0.4 is 5.32 Å². The molecule has 0 unspecified atom stereocenters. The number of hydrogen-bond acceptors (Lipinski definition) is 1. The first-order valence-electron chi connectivity index (χ1n) is 6.36. The van der Waals surface area contributed by atoms with Gasteiger partial charge < -0.3 is 5.32 Å². The summed E-state index contributed by atoms with van der Waals surface area (Å²) < 4.78 is 0. The molecule has 2 aromatic rings. The van der Waals surface area contributed by atoms with E-state index < -0.39 is 0 Å². The van der Waals surface area contributed by atoms with Crippen molar-refractivity contribution in [1.29, 1.82) is 0 Å². The van der Waals surface area contributed by atoms with Crippen molar-refractivity contribution < 1.29 is 4.79 Å². The van der Waals surface area contributed by atoms with Crippen molar-refractivity contribution in [3.63, 3.8) is 0 Å². The molecule has 0 heterocycles. The summed E-state index contributed by atoms with van der Waals surface area (Å²) in [4.78, 5) is 11.8. The molecule has 0 aliphatic rings. The molecule has 0 aliphatic carbocycles. The number of halogens is 1. The highest BCUT2D eigenvalue weighted by molar-refractivity contribution is 6.33. The van der Waals surface area contributed by atoms with E-state index in [9.17, 15) is 4.79 Å². The van der Waals surface area contributed by atoms with Crippen LogP contribution in [0.2, 0.25) is 5.02 Å². The third-order valence-corrected chi connectivity index (χ3v) is 3.20. The van der Waals surface area contributed by atoms with Crippen LogP contribution in [0.5, 0.6) is 0 Å². The molecular weight excluding hydrogens is 270 g/mol. The number of amides is 1. The normalized spacial score (nSPS) is 10.8. The van der Waals surface area contributed by atoms with Crippen molar-refractivity contribution >= 4 is 29.3 Å². The van der Waals surface area contributed by atoms with Gasteiger partial charge in [0.25, 0.3) is 0 Å². The molecule has 20 heavy (non-hydrogen) atoms. The van der Waals surface area contributed by atoms with E-state index in [1.807, 2.05) is 50.2 Å². The fourth-order valence-electron chi connectivity index (χ4n) is 1.75. The van der Waals surface area contributed by atoms with Gasteiger partial charge in [0.05, 0.1) is 10.7 Å². The number of carbonyl (C=O) groups excluding carboxylic acids is 1. The fourth-order valence-corrected chi connectivity index (χ4v) is 2.03. The van der Waals surface area contributed by atoms with E-state index >= 15 is 0 Å². The second kappa shape index (κ2) is 6.40. The van der Waals surface area contributed by atoms with Crippen molar-refractivity contribution in [3.05, 3.63) is 70.3 Å². The van der Waals surface area contributed by atoms with Gasteiger partial charge in [-0.25, -0.2) is 0 Å². The van der Waals surface area contributed by atoms with Crippen LogP contribution in [0.1, 0.15) is 16.7 Å². The first-order valence-corrected chi connectivity index (χ1v) is 6.74. The van der Waals surface area contributed by atoms with Crippen LogP contribution in [0.25, 0.3) is 6.08 Å². The van der Waals surface area contributed by atoms with Crippen LogP contribution in [-0.2, 0) is 4.79 Å². The average Bonchev–Trinajstić information content (AvgIpc) is 2.41. The van der Waals surface area contributed by atoms with Crippen molar-refractivity contribution in [2.24, 2.45) is 0 Å². The number of benzene rings is 2. The van der Waals surface area contributed by atoms with E-state index in [4.69, 9.17) is 11.6 Å². The molecule has 2 aromatic carbocycles. The molecule has 0 saturated heterocycles. The van der Waals surface area contributed by atoms with Crippen LogP contribution >= 0.6 is 11.6 Å². The SMILES string of the molecule is Cc1ccc(/C=C/C(=O)Nc2ccc(C)cc2Cl)cc1. The molecule has 0 radical (unpaired) electrons. The van der Waals surface area contributed by atoms with Crippen molar-refractivity contribution in [2.75, 3.05) is 5.32 Å². The van der Waals surface area contributed by atoms with Crippen molar-refractivity contribution in [2.45, 2.75) is 13.8 Å². The maximum Gasteiger partial charge on any atom is 0.248 e. The Labute approximate surface area is 124 Å². The highest BCUT2D eigenvalue weighted by Crippen LogP contribution is 2.22. The highest BCUT2D eigenvalue weighted by atomic mass is 35.5. The number of rotatable bonds is 3. The van der Waals surface area contributed by atoms with Crippen molar-refractivity contribution in [1.82, 2.24) is 0 Å². The predicted molar refractivity (Wildman–Crippen MR) is 85.0 cm³/mol. The Morgan fingerprint density at radius 3 is 2.35 bits per heavy atom. The summed E-state index contributed by atoms with van der Waals surface area (Å²) in [6, 6.07) is 13.5. The summed E-state index contributed by atoms with van der Waals surface area (Å²) in [5, 5.41) is 3.30. The standard InChI is InChI=1S/C17H16ClNO/c1-12-3-6-14(7-4-12)8-10-17(20)19-16-9-5-13(2)11-15(16)18/h3-11H,1-2H3,(H,19,20)/b10-8+. The third-order valence-electron chi connectivity index (χ3n) is 2.89. The zero-order valence-electron chi connectivity index (χ0n) is 11.5. The predicted octanol–water partition coefficient (Wildman–Crippen LogP) is 4.61. The Kier molecular flexibility index (Phi) is 4.59. The summed E-state index contributed by atoms with van der Waals surface area (Å²) in [5.41, 5.74) is 3.86. The van der Waals surface area contributed by atoms with E-state index in [1.54, 1.807) is 12.1 Å². The summed E-state index contributed by atoms with van der Waals surface area (Å²) in [7, 11) is 0. The fraction of sp³-hybridized carbons (Fsp3) is 0.118. The van der Waals surface area contributed by atoms with Crippen LogP contribution in [0.15, 0.2) is 48.5 Å². The summed E-state index contributed by atoms with van der Waals surface area (Å²) in [5.74, 6) is -0.198. The molecule has 0 spiro atoms. The number of aryl methyl sites for hydroxylation is 2. The summed E-state index contributed by atoms with van der Waals surface area (Å²) in [6.07, 6.45) is 3.28. The zero-order chi connectivity index (χ0) is 14.5. The summed E-state index contributed by atoms with van der Waals surface area (Å²) in [6.45, 7) is 3.98. The van der Waals surface area contributed by atoms with E-state index in [2.05, 4.69) is 5.32 Å². The van der Waals surface area contributed by atoms with Gasteiger partial charge in [-0.15, -0.1) is 0 Å². The van der Waals surface area contributed by atoms with Crippen LogP contribution in [0.4, 0.5) is 5.69 Å². The van der Waals surface area contributed by atoms with E-state index in [0.717, 1.165) is 11.1 Å². The van der Waals surface area contributed by atoms with E-state index in [1.165, 1.54) is 11.6 Å². The lowest BCUT2D eigenvalue weighted by Crippen LogP contribution is -2.08. The largest absolute Gasteiger partial charge is 0.321 e. The second-order valence-electron chi connectivity index (χ2n) is 4.72. The van der Waals surface area contributed by atoms with Gasteiger partial charge in [-0.3, -0.25) is 4.79 Å². The second-order valence-corrected chi connectivity index (χ2v) is 5.12. The minimum absolute atomic E-state index is 0.198. The number of anilines is 1. The molecular formula is C17H16ClNO. The van der Waals surface area contributed by atoms with Crippen LogP contribution in [0.3, 0.4) is 0 Å². The van der Waals surface area contributed by atoms with E-state index in [-0.39, 0.29) is 5.91 Å². The minimum Gasteiger partial charge on any atom is -0.321 e. The zero-order valence-corrected chi connectivity index (χ0v) is 12.2. The maximum atomic E-state index is 11.8. The van der Waals surface area contributed by atoms with Crippen molar-refractivity contribution in [3.8, 4) is 0 Å². The molecule has 2 nitrogen and oxygen atoms in total. The number of nitrogens with one attached hydrogen (secondary N) is 1. The van der Waals surface area contributed by atoms with Gasteiger partial charge in [-0.1, -0.05) is 47.5 Å². The molecule has 3 heteroatoms. The molecule has 1 amide bonds. The first-order chi connectivity index (χ1) is 9.54. The topological polar surface area (TPSA) is 29.1 Å². The highest BCUT2D eigenvalue weighted by Gasteiger charge is 2.02. The smallest absolute Gasteiger partial charge is 0.248 e. The molecule has 1 N–H and O–H groups in total. The van der Waals surface area contributed by atoms with Gasteiger partial charge in [0, 0.05) is 6.08 Å². The van der Waals surface area contributed by atoms with Gasteiger partial charge in [0.2, 0.25) is 5.91 Å². The van der Waals surface area contributed by atoms with Crippen LogP contribution in [0, 0.1) is 13.8 Å². The Balaban J connectivity index is 2.03. The van der Waals surface area contributed by atoms with Crippen LogP contribution in [-0.4, -0.2) is 5.91 Å². The van der Waals surface area contributed by atoms with Gasteiger partial charge in [0.15, 0.2) is 0 Å². The third kappa shape index (κ3) is 3.97. The lowest BCUT2D eigenvalue weighted by molar-refractivity contribution is -0.111. The van der Waals surface area contributed by atoms with Gasteiger partial charge in [0.1, 0.15) is 0 Å². The quantitative estimate of drug-likeness (QED) is 0.820. The Morgan fingerprint density at radius 1 is 1.05 bits per heavy atom. The van der Waals surface area contributed by atoms with Gasteiger partial charge >= 0.3 is 0 Å². The number of hydrogen-bond donors (Lipinski definition) is 1. The molecule has 0 aliphatic heterocycles. The molecule has 0 atom stereocenters. The Hall–Kier alpha value is -2.06. The van der Waals surface area contributed by atoms with E-state index in [0.29, 0.717) is 10.7 Å². The molecule has 0 fully saturated rings. The first kappa shape index (κ1) is 14.4. The summed E-state index contributed by atoms with van der Waals surface area (Å²) >= 11 is 6.07. The minimum atomic E-state index is -0.198. The molecule has 0 aromatic heterocycles. The Bertz CT molecular complexity index is 645. The monoisotopic (exact) mass is 285 g/mol. The molecule has 2 rings (SSSR count). The van der Waals surface area contributed by atoms with Gasteiger partial charge in [-0.05, 0) is 43.2 Å².